The van der Waals surface area contributed by atoms with Crippen LogP contribution in [-0.4, -0.2) is 11.1 Å². The quantitative estimate of drug-likeness (QED) is 0.518. The van der Waals surface area contributed by atoms with Crippen molar-refractivity contribution in [2.24, 2.45) is 0 Å². The minimum Gasteiger partial charge on any atom is -0.355 e. The summed E-state index contributed by atoms with van der Waals surface area (Å²) in [6.45, 7) is 0. The van der Waals surface area contributed by atoms with E-state index in [0.29, 0.717) is 38.5 Å². The number of amides is 1. The molecule has 0 fully saturated rings. The van der Waals surface area contributed by atoms with E-state index in [2.05, 4.69) is 10.5 Å². The highest BCUT2D eigenvalue weighted by atomic mass is 35.5. The Bertz CT molecular complexity index is 1090. The monoisotopic (exact) mass is 366 g/mol. The Kier molecular flexibility index (Phi) is 4.14. The third-order valence-corrected chi connectivity index (χ3v) is 4.20. The third kappa shape index (κ3) is 3.17. The van der Waals surface area contributed by atoms with Gasteiger partial charge in [0.2, 0.25) is 0 Å². The molecular weight excluding hydrogens is 355 g/mol. The lowest BCUT2D eigenvalue weighted by atomic mass is 10.1. The molecule has 1 amide bonds. The van der Waals surface area contributed by atoms with Gasteiger partial charge in [0.05, 0.1) is 5.39 Å². The van der Waals surface area contributed by atoms with Gasteiger partial charge in [-0.15, -0.1) is 0 Å². The largest absolute Gasteiger partial charge is 0.355 e. The topological polar surface area (TPSA) is 55.1 Å². The molecule has 0 atom stereocenters. The molecule has 1 aromatic heterocycles. The SMILES string of the molecule is O=C(Nc1ccc(Cl)cc1)c1ccc2noc(-c3ccc(F)cc3)c2c1. The van der Waals surface area contributed by atoms with Crippen LogP contribution in [0.25, 0.3) is 22.2 Å². The van der Waals surface area contributed by atoms with E-state index in [0.717, 1.165) is 0 Å². The van der Waals surface area contributed by atoms with E-state index in [1.165, 1.54) is 12.1 Å². The number of hydrogen-bond donors (Lipinski definition) is 1. The lowest BCUT2D eigenvalue weighted by Gasteiger charge is -2.05. The maximum Gasteiger partial charge on any atom is 0.255 e. The zero-order valence-electron chi connectivity index (χ0n) is 13.4. The van der Waals surface area contributed by atoms with Gasteiger partial charge in [-0.25, -0.2) is 4.39 Å². The normalized spacial score (nSPS) is 10.8. The zero-order valence-corrected chi connectivity index (χ0v) is 14.1. The van der Waals surface area contributed by atoms with Crippen molar-refractivity contribution in [1.82, 2.24) is 5.16 Å². The van der Waals surface area contributed by atoms with Crippen molar-refractivity contribution in [2.45, 2.75) is 0 Å². The summed E-state index contributed by atoms with van der Waals surface area (Å²) in [5.41, 5.74) is 2.40. The van der Waals surface area contributed by atoms with Crippen LogP contribution < -0.4 is 5.32 Å². The fourth-order valence-electron chi connectivity index (χ4n) is 2.63. The Hall–Kier alpha value is -3.18. The van der Waals surface area contributed by atoms with Crippen molar-refractivity contribution in [2.75, 3.05) is 5.32 Å². The van der Waals surface area contributed by atoms with E-state index in [-0.39, 0.29) is 11.7 Å². The van der Waals surface area contributed by atoms with Gasteiger partial charge in [-0.05, 0) is 66.7 Å². The van der Waals surface area contributed by atoms with E-state index < -0.39 is 0 Å². The molecule has 1 heterocycles. The molecule has 0 bridgehead atoms. The van der Waals surface area contributed by atoms with Crippen LogP contribution in [-0.2, 0) is 0 Å². The summed E-state index contributed by atoms with van der Waals surface area (Å²) < 4.78 is 18.5. The number of carbonyl (C=O) groups excluding carboxylic acids is 1. The highest BCUT2D eigenvalue weighted by Gasteiger charge is 2.14. The molecule has 0 spiro atoms. The number of fused-ring (bicyclic) bond motifs is 1. The molecule has 0 aliphatic heterocycles. The molecule has 4 aromatic rings. The van der Waals surface area contributed by atoms with E-state index in [9.17, 15) is 9.18 Å². The summed E-state index contributed by atoms with van der Waals surface area (Å²) >= 11 is 5.85. The molecule has 0 aliphatic carbocycles. The fraction of sp³-hybridized carbons (Fsp3) is 0. The molecule has 6 heteroatoms. The van der Waals surface area contributed by atoms with Gasteiger partial charge in [-0.1, -0.05) is 16.8 Å². The number of aromatic nitrogens is 1. The Morgan fingerprint density at radius 2 is 1.73 bits per heavy atom. The molecule has 0 unspecified atom stereocenters. The predicted octanol–water partition coefficient (Wildman–Crippen LogP) is 5.54. The molecular formula is C20H12ClFN2O2. The standard InChI is InChI=1S/C20H12ClFN2O2/c21-14-4-8-16(9-5-14)23-20(25)13-3-10-18-17(11-13)19(26-24-18)12-1-6-15(22)7-2-12/h1-11H,(H,23,25). The second kappa shape index (κ2) is 6.61. The molecule has 4 rings (SSSR count). The second-order valence-corrected chi connectivity index (χ2v) is 6.15. The molecule has 128 valence electrons. The summed E-state index contributed by atoms with van der Waals surface area (Å²) in [5, 5.41) is 8.08. The molecule has 26 heavy (non-hydrogen) atoms. The molecule has 1 N–H and O–H groups in total. The maximum atomic E-state index is 13.1. The summed E-state index contributed by atoms with van der Waals surface area (Å²) in [5.74, 6) is -0.109. The smallest absolute Gasteiger partial charge is 0.255 e. The van der Waals surface area contributed by atoms with Crippen molar-refractivity contribution in [3.63, 3.8) is 0 Å². The van der Waals surface area contributed by atoms with Crippen LogP contribution in [0.4, 0.5) is 10.1 Å². The second-order valence-electron chi connectivity index (χ2n) is 5.71. The summed E-state index contributed by atoms with van der Waals surface area (Å²) in [4.78, 5) is 12.5. The van der Waals surface area contributed by atoms with Gasteiger partial charge in [-0.3, -0.25) is 4.79 Å². The Labute approximate surface area is 153 Å². The molecule has 0 saturated carbocycles. The fourth-order valence-corrected chi connectivity index (χ4v) is 2.75. The lowest BCUT2D eigenvalue weighted by molar-refractivity contribution is 0.102. The first-order chi connectivity index (χ1) is 12.6. The molecule has 4 nitrogen and oxygen atoms in total. The summed E-state index contributed by atoms with van der Waals surface area (Å²) in [7, 11) is 0. The van der Waals surface area contributed by atoms with Crippen LogP contribution in [0.15, 0.2) is 71.3 Å². The first-order valence-electron chi connectivity index (χ1n) is 7.82. The van der Waals surface area contributed by atoms with Crippen LogP contribution >= 0.6 is 11.6 Å². The number of carbonyl (C=O) groups is 1. The van der Waals surface area contributed by atoms with E-state index in [1.807, 2.05) is 0 Å². The molecule has 0 radical (unpaired) electrons. The van der Waals surface area contributed by atoms with E-state index in [1.54, 1.807) is 54.6 Å². The lowest BCUT2D eigenvalue weighted by Crippen LogP contribution is -2.11. The van der Waals surface area contributed by atoms with E-state index in [4.69, 9.17) is 16.1 Å². The first kappa shape index (κ1) is 16.3. The number of halogens is 2. The number of anilines is 1. The predicted molar refractivity (Wildman–Crippen MR) is 98.8 cm³/mol. The number of nitrogens with zero attached hydrogens (tertiary/aromatic N) is 1. The maximum absolute atomic E-state index is 13.1. The van der Waals surface area contributed by atoms with Crippen LogP contribution in [0.3, 0.4) is 0 Å². The minimum atomic E-state index is -0.333. The highest BCUT2D eigenvalue weighted by molar-refractivity contribution is 6.30. The number of nitrogens with one attached hydrogen (secondary N) is 1. The van der Waals surface area contributed by atoms with Crippen molar-refractivity contribution >= 4 is 34.1 Å². The first-order valence-corrected chi connectivity index (χ1v) is 8.20. The van der Waals surface area contributed by atoms with Gasteiger partial charge in [0, 0.05) is 21.8 Å². The highest BCUT2D eigenvalue weighted by Crippen LogP contribution is 2.29. The van der Waals surface area contributed by atoms with Gasteiger partial charge in [0.25, 0.3) is 5.91 Å². The average molecular weight is 367 g/mol. The number of rotatable bonds is 3. The van der Waals surface area contributed by atoms with Crippen LogP contribution in [0.1, 0.15) is 10.4 Å². The van der Waals surface area contributed by atoms with Gasteiger partial charge in [-0.2, -0.15) is 0 Å². The molecule has 3 aromatic carbocycles. The third-order valence-electron chi connectivity index (χ3n) is 3.95. The molecule has 0 saturated heterocycles. The van der Waals surface area contributed by atoms with Crippen LogP contribution in [0, 0.1) is 5.82 Å². The molecule has 0 aliphatic rings. The van der Waals surface area contributed by atoms with Crippen molar-refractivity contribution in [3.05, 3.63) is 83.1 Å². The van der Waals surface area contributed by atoms with Crippen molar-refractivity contribution in [1.29, 1.82) is 0 Å². The Morgan fingerprint density at radius 1 is 1.00 bits per heavy atom. The Balaban J connectivity index is 1.68. The average Bonchev–Trinajstić information content (AvgIpc) is 3.07. The number of benzene rings is 3. The van der Waals surface area contributed by atoms with Crippen molar-refractivity contribution < 1.29 is 13.7 Å². The van der Waals surface area contributed by atoms with Crippen LogP contribution in [0.2, 0.25) is 5.02 Å². The zero-order chi connectivity index (χ0) is 18.1. The summed E-state index contributed by atoms with van der Waals surface area (Å²) in [6, 6.07) is 17.8. The van der Waals surface area contributed by atoms with Gasteiger partial charge >= 0.3 is 0 Å². The Morgan fingerprint density at radius 3 is 2.46 bits per heavy atom. The van der Waals surface area contributed by atoms with E-state index >= 15 is 0 Å². The van der Waals surface area contributed by atoms with Gasteiger partial charge in [0.15, 0.2) is 5.76 Å². The van der Waals surface area contributed by atoms with Crippen LogP contribution in [0.5, 0.6) is 0 Å². The minimum absolute atomic E-state index is 0.263. The summed E-state index contributed by atoms with van der Waals surface area (Å²) in [6.07, 6.45) is 0. The van der Waals surface area contributed by atoms with Gasteiger partial charge in [0.1, 0.15) is 11.3 Å². The number of hydrogen-bond acceptors (Lipinski definition) is 3. The van der Waals surface area contributed by atoms with Gasteiger partial charge < -0.3 is 9.84 Å². The van der Waals surface area contributed by atoms with Crippen molar-refractivity contribution in [3.8, 4) is 11.3 Å².